The number of ether oxygens (including phenoxy) is 1. The molecule has 3 aliphatic rings. The summed E-state index contributed by atoms with van der Waals surface area (Å²) in [5.41, 5.74) is 4.78. The molecule has 0 saturated heterocycles. The molecule has 0 aromatic heterocycles. The standard InChI is InChI=1S/C28H32N2O5/c1-16(27(32)33)10-11-29-26(31)18-12-17-14-25(23(17)13-18)30-28(34)35-15-24-21-8-4-2-6-19(21)20-7-3-5-9-22(20)24/h2-9,16-18,23-25H,10-15H2,1H3,(H,29,31)(H,30,34)(H,32,33)/t16?,17-,18?,23-,25+/m1/s1. The molecule has 5 rings (SSSR count). The van der Waals surface area contributed by atoms with Crippen LogP contribution in [0.1, 0.15) is 49.7 Å². The molecule has 2 fully saturated rings. The van der Waals surface area contributed by atoms with Gasteiger partial charge >= 0.3 is 12.1 Å². The van der Waals surface area contributed by atoms with Crippen molar-refractivity contribution >= 4 is 18.0 Å². The molecule has 5 atom stereocenters. The predicted molar refractivity (Wildman–Crippen MR) is 131 cm³/mol. The number of carboxylic acid groups (broad SMARTS) is 1. The predicted octanol–water partition coefficient (Wildman–Crippen LogP) is 4.17. The average molecular weight is 477 g/mol. The zero-order chi connectivity index (χ0) is 24.5. The van der Waals surface area contributed by atoms with E-state index in [4.69, 9.17) is 9.84 Å². The van der Waals surface area contributed by atoms with Crippen molar-refractivity contribution in [3.8, 4) is 11.1 Å². The Kier molecular flexibility index (Phi) is 6.50. The Hall–Kier alpha value is -3.35. The average Bonchev–Trinajstić information content (AvgIpc) is 3.36. The molecule has 2 aromatic rings. The Balaban J connectivity index is 1.09. The number of carboxylic acids is 1. The molecule has 184 valence electrons. The van der Waals surface area contributed by atoms with Gasteiger partial charge in [0.05, 0.1) is 5.92 Å². The molecule has 2 saturated carbocycles. The van der Waals surface area contributed by atoms with Crippen LogP contribution in [0.25, 0.3) is 11.1 Å². The van der Waals surface area contributed by atoms with E-state index in [1.54, 1.807) is 6.92 Å². The summed E-state index contributed by atoms with van der Waals surface area (Å²) in [4.78, 5) is 36.1. The number of aliphatic carboxylic acids is 1. The number of nitrogens with one attached hydrogen (secondary N) is 2. The van der Waals surface area contributed by atoms with Crippen molar-refractivity contribution in [2.45, 2.75) is 44.6 Å². The maximum Gasteiger partial charge on any atom is 0.407 e. The highest BCUT2D eigenvalue weighted by Gasteiger charge is 2.50. The fraction of sp³-hybridized carbons (Fsp3) is 0.464. The molecule has 3 aliphatic carbocycles. The lowest BCUT2D eigenvalue weighted by atomic mass is 9.71. The second-order valence-electron chi connectivity index (χ2n) is 10.2. The molecule has 0 bridgehead atoms. The zero-order valence-electron chi connectivity index (χ0n) is 19.9. The minimum Gasteiger partial charge on any atom is -0.481 e. The van der Waals surface area contributed by atoms with Gasteiger partial charge in [-0.1, -0.05) is 55.5 Å². The Morgan fingerprint density at radius 2 is 1.66 bits per heavy atom. The number of hydrogen-bond donors (Lipinski definition) is 3. The number of hydrogen-bond acceptors (Lipinski definition) is 4. The van der Waals surface area contributed by atoms with Gasteiger partial charge in [-0.05, 0) is 59.8 Å². The number of rotatable bonds is 8. The van der Waals surface area contributed by atoms with E-state index >= 15 is 0 Å². The van der Waals surface area contributed by atoms with Crippen molar-refractivity contribution in [3.63, 3.8) is 0 Å². The molecule has 7 nitrogen and oxygen atoms in total. The third-order valence-corrected chi connectivity index (χ3v) is 8.14. The third-order valence-electron chi connectivity index (χ3n) is 8.14. The quantitative estimate of drug-likeness (QED) is 0.531. The number of alkyl carbamates (subject to hydrolysis) is 1. The van der Waals surface area contributed by atoms with E-state index < -0.39 is 18.0 Å². The van der Waals surface area contributed by atoms with Gasteiger partial charge in [-0.25, -0.2) is 4.79 Å². The molecule has 2 unspecified atom stereocenters. The molecule has 0 radical (unpaired) electrons. The summed E-state index contributed by atoms with van der Waals surface area (Å²) < 4.78 is 5.69. The van der Waals surface area contributed by atoms with Gasteiger partial charge in [0.15, 0.2) is 0 Å². The van der Waals surface area contributed by atoms with Crippen LogP contribution in [0.2, 0.25) is 0 Å². The van der Waals surface area contributed by atoms with Gasteiger partial charge in [0, 0.05) is 24.4 Å². The molecule has 35 heavy (non-hydrogen) atoms. The minimum atomic E-state index is -0.847. The second-order valence-corrected chi connectivity index (χ2v) is 10.2. The summed E-state index contributed by atoms with van der Waals surface area (Å²) in [5, 5.41) is 14.9. The SMILES string of the molecule is CC(CCNC(=O)C1C[C@@H]2C[C@H](NC(=O)OCC3c4ccccc4-c4ccccc43)[C@@H]2C1)C(=O)O. The lowest BCUT2D eigenvalue weighted by Gasteiger charge is -2.40. The van der Waals surface area contributed by atoms with E-state index in [9.17, 15) is 14.4 Å². The summed E-state index contributed by atoms with van der Waals surface area (Å²) in [7, 11) is 0. The molecule has 2 amide bonds. The van der Waals surface area contributed by atoms with Crippen molar-refractivity contribution in [2.75, 3.05) is 13.2 Å². The van der Waals surface area contributed by atoms with Gasteiger partial charge in [-0.2, -0.15) is 0 Å². The molecular formula is C28H32N2O5. The first-order valence-electron chi connectivity index (χ1n) is 12.5. The molecule has 0 heterocycles. The number of fused-ring (bicyclic) bond motifs is 4. The third kappa shape index (κ3) is 4.64. The summed E-state index contributed by atoms with van der Waals surface area (Å²) >= 11 is 0. The van der Waals surface area contributed by atoms with Crippen LogP contribution < -0.4 is 10.6 Å². The Labute approximate surface area is 205 Å². The molecule has 3 N–H and O–H groups in total. The number of benzene rings is 2. The Morgan fingerprint density at radius 3 is 2.31 bits per heavy atom. The summed E-state index contributed by atoms with van der Waals surface area (Å²) in [6.45, 7) is 2.31. The summed E-state index contributed by atoms with van der Waals surface area (Å²) in [6, 6.07) is 16.6. The molecule has 7 heteroatoms. The van der Waals surface area contributed by atoms with Crippen molar-refractivity contribution in [2.24, 2.45) is 23.7 Å². The van der Waals surface area contributed by atoms with E-state index in [0.717, 1.165) is 19.3 Å². The van der Waals surface area contributed by atoms with Gasteiger partial charge in [-0.3, -0.25) is 9.59 Å². The lowest BCUT2D eigenvalue weighted by Crippen LogP contribution is -2.50. The van der Waals surface area contributed by atoms with Crippen molar-refractivity contribution in [3.05, 3.63) is 59.7 Å². The first-order chi connectivity index (χ1) is 16.9. The van der Waals surface area contributed by atoms with E-state index in [1.165, 1.54) is 22.3 Å². The first-order valence-corrected chi connectivity index (χ1v) is 12.5. The van der Waals surface area contributed by atoms with Crippen molar-refractivity contribution in [1.82, 2.24) is 10.6 Å². The van der Waals surface area contributed by atoms with E-state index in [2.05, 4.69) is 34.9 Å². The van der Waals surface area contributed by atoms with Gasteiger partial charge < -0.3 is 20.5 Å². The van der Waals surface area contributed by atoms with Crippen LogP contribution in [0.3, 0.4) is 0 Å². The molecular weight excluding hydrogens is 444 g/mol. The van der Waals surface area contributed by atoms with E-state index in [-0.39, 0.29) is 23.8 Å². The Morgan fingerprint density at radius 1 is 1.00 bits per heavy atom. The van der Waals surface area contributed by atoms with Crippen molar-refractivity contribution in [1.29, 1.82) is 0 Å². The topological polar surface area (TPSA) is 105 Å². The highest BCUT2D eigenvalue weighted by molar-refractivity contribution is 5.80. The summed E-state index contributed by atoms with van der Waals surface area (Å²) in [6.07, 6.45) is 2.47. The van der Waals surface area contributed by atoms with Crippen LogP contribution in [0.5, 0.6) is 0 Å². The Bertz CT molecular complexity index is 1090. The van der Waals surface area contributed by atoms with Crippen LogP contribution in [0.4, 0.5) is 4.79 Å². The van der Waals surface area contributed by atoms with Crippen LogP contribution in [-0.2, 0) is 14.3 Å². The van der Waals surface area contributed by atoms with Gasteiger partial charge in [0.25, 0.3) is 0 Å². The smallest absolute Gasteiger partial charge is 0.407 e. The number of carbonyl (C=O) groups excluding carboxylic acids is 2. The fourth-order valence-corrected chi connectivity index (χ4v) is 6.08. The second kappa shape index (κ2) is 9.72. The van der Waals surface area contributed by atoms with Gasteiger partial charge in [0.2, 0.25) is 5.91 Å². The molecule has 2 aromatic carbocycles. The first kappa shape index (κ1) is 23.4. The monoisotopic (exact) mass is 476 g/mol. The largest absolute Gasteiger partial charge is 0.481 e. The van der Waals surface area contributed by atoms with E-state index in [0.29, 0.717) is 31.4 Å². The van der Waals surface area contributed by atoms with E-state index in [1.807, 2.05) is 24.3 Å². The van der Waals surface area contributed by atoms with Crippen LogP contribution in [-0.4, -0.2) is 42.3 Å². The maximum atomic E-state index is 12.6. The number of carbonyl (C=O) groups is 3. The van der Waals surface area contributed by atoms with Crippen LogP contribution >= 0.6 is 0 Å². The van der Waals surface area contributed by atoms with Gasteiger partial charge in [0.1, 0.15) is 6.61 Å². The minimum absolute atomic E-state index is 0.00289. The zero-order valence-corrected chi connectivity index (χ0v) is 19.9. The highest BCUT2D eigenvalue weighted by Crippen LogP contribution is 2.50. The van der Waals surface area contributed by atoms with Crippen LogP contribution in [0, 0.1) is 23.7 Å². The van der Waals surface area contributed by atoms with Crippen molar-refractivity contribution < 1.29 is 24.2 Å². The fourth-order valence-electron chi connectivity index (χ4n) is 6.08. The normalized spacial score (nSPS) is 24.9. The number of amides is 2. The van der Waals surface area contributed by atoms with Crippen LogP contribution in [0.15, 0.2) is 48.5 Å². The maximum absolute atomic E-state index is 12.6. The highest BCUT2D eigenvalue weighted by atomic mass is 16.5. The molecule has 0 spiro atoms. The lowest BCUT2D eigenvalue weighted by molar-refractivity contribution is -0.141. The molecule has 0 aliphatic heterocycles. The van der Waals surface area contributed by atoms with Gasteiger partial charge in [-0.15, -0.1) is 0 Å². The summed E-state index contributed by atoms with van der Waals surface area (Å²) in [5.74, 6) is -0.616.